The van der Waals surface area contributed by atoms with E-state index >= 15 is 0 Å². The molecule has 0 saturated carbocycles. The molecular weight excluding hydrogens is 150 g/mol. The normalized spacial score (nSPS) is 15.2. The second-order valence-corrected chi connectivity index (χ2v) is 3.13. The summed E-state index contributed by atoms with van der Waals surface area (Å²) in [7, 11) is 0. The zero-order valence-electron chi connectivity index (χ0n) is 5.66. The van der Waals surface area contributed by atoms with Crippen LogP contribution in [-0.2, 0) is 0 Å². The highest BCUT2D eigenvalue weighted by Crippen LogP contribution is 2.08. The van der Waals surface area contributed by atoms with Crippen molar-refractivity contribution < 1.29 is 0 Å². The highest BCUT2D eigenvalue weighted by Gasteiger charge is 2.00. The van der Waals surface area contributed by atoms with E-state index in [1.807, 2.05) is 13.2 Å². The molecule has 0 rings (SSSR count). The summed E-state index contributed by atoms with van der Waals surface area (Å²) in [5, 5.41) is 1.23. The number of thiol groups is 1. The lowest BCUT2D eigenvalue weighted by Gasteiger charge is -2.02. The van der Waals surface area contributed by atoms with Crippen molar-refractivity contribution in [1.82, 2.24) is 0 Å². The molecule has 0 aliphatic carbocycles. The first kappa shape index (κ1) is 9.11. The van der Waals surface area contributed by atoms with E-state index in [0.717, 1.165) is 5.04 Å². The number of nitrogens with zero attached hydrogens (tertiary/aromatic N) is 1. The fraction of sp³-hybridized carbons (Fsp3) is 0.500. The molecule has 0 aromatic heterocycles. The summed E-state index contributed by atoms with van der Waals surface area (Å²) in [5.41, 5.74) is 0. The molecule has 0 amide bonds. The Morgan fingerprint density at radius 1 is 1.89 bits per heavy atom. The lowest BCUT2D eigenvalue weighted by atomic mass is 10.5. The number of hydrogen-bond donors (Lipinski definition) is 1. The van der Waals surface area contributed by atoms with Crippen LogP contribution < -0.4 is 0 Å². The van der Waals surface area contributed by atoms with Crippen molar-refractivity contribution >= 4 is 29.4 Å². The minimum absolute atomic E-state index is 0.220. The van der Waals surface area contributed by atoms with E-state index in [0.29, 0.717) is 0 Å². The monoisotopic (exact) mass is 161 g/mol. The van der Waals surface area contributed by atoms with Crippen molar-refractivity contribution in [2.45, 2.75) is 12.2 Å². The van der Waals surface area contributed by atoms with Crippen molar-refractivity contribution in [2.24, 2.45) is 4.99 Å². The van der Waals surface area contributed by atoms with E-state index in [4.69, 9.17) is 0 Å². The Bertz CT molecular complexity index is 118. The third-order valence-corrected chi connectivity index (χ3v) is 2.08. The van der Waals surface area contributed by atoms with E-state index in [2.05, 4.69) is 24.2 Å². The van der Waals surface area contributed by atoms with Crippen LogP contribution in [0.25, 0.3) is 0 Å². The van der Waals surface area contributed by atoms with Crippen LogP contribution in [0.15, 0.2) is 17.8 Å². The number of thioether (sulfide) groups is 1. The van der Waals surface area contributed by atoms with Gasteiger partial charge in [0, 0.05) is 11.4 Å². The third kappa shape index (κ3) is 3.65. The molecule has 0 spiro atoms. The van der Waals surface area contributed by atoms with Gasteiger partial charge in [-0.1, -0.05) is 6.58 Å². The average molecular weight is 161 g/mol. The third-order valence-electron chi connectivity index (χ3n) is 0.785. The van der Waals surface area contributed by atoms with Gasteiger partial charge in [0.15, 0.2) is 0 Å². The summed E-state index contributed by atoms with van der Waals surface area (Å²) in [5.74, 6) is 0. The highest BCUT2D eigenvalue weighted by atomic mass is 32.2. The van der Waals surface area contributed by atoms with Gasteiger partial charge >= 0.3 is 0 Å². The Hall–Kier alpha value is 0.110. The van der Waals surface area contributed by atoms with Crippen molar-refractivity contribution in [3.05, 3.63) is 12.8 Å². The standard InChI is InChI=1S/C6H11NS2/c1-4-7-6(9-3)5(2)8/h4-5,8H,1H2,2-3H3/b7-6-. The maximum atomic E-state index is 4.21. The van der Waals surface area contributed by atoms with Crippen LogP contribution in [0.3, 0.4) is 0 Å². The molecule has 1 atom stereocenters. The Kier molecular flexibility index (Phi) is 5.00. The molecule has 3 heteroatoms. The molecule has 0 radical (unpaired) electrons. The summed E-state index contributed by atoms with van der Waals surface area (Å²) < 4.78 is 0. The van der Waals surface area contributed by atoms with Gasteiger partial charge in [-0.25, -0.2) is 0 Å². The molecule has 0 bridgehead atoms. The van der Waals surface area contributed by atoms with Gasteiger partial charge in [-0.3, -0.25) is 4.99 Å². The SMILES string of the molecule is C=C/N=C(\SC)C(C)S. The predicted octanol–water partition coefficient (Wildman–Crippen LogP) is 2.21. The van der Waals surface area contributed by atoms with Crippen LogP contribution >= 0.6 is 24.4 Å². The van der Waals surface area contributed by atoms with Crippen LogP contribution in [-0.4, -0.2) is 16.5 Å². The summed E-state index contributed by atoms with van der Waals surface area (Å²) in [6.45, 7) is 5.48. The van der Waals surface area contributed by atoms with Crippen molar-refractivity contribution in [3.8, 4) is 0 Å². The highest BCUT2D eigenvalue weighted by molar-refractivity contribution is 8.14. The molecule has 1 nitrogen and oxygen atoms in total. The first-order valence-electron chi connectivity index (χ1n) is 2.63. The quantitative estimate of drug-likeness (QED) is 0.372. The fourth-order valence-electron chi connectivity index (χ4n) is 0.421. The second-order valence-electron chi connectivity index (χ2n) is 1.53. The Labute approximate surface area is 66.0 Å². The lowest BCUT2D eigenvalue weighted by Crippen LogP contribution is -2.04. The largest absolute Gasteiger partial charge is 0.254 e. The Morgan fingerprint density at radius 3 is 2.56 bits per heavy atom. The van der Waals surface area contributed by atoms with Crippen LogP contribution in [0.2, 0.25) is 0 Å². The summed E-state index contributed by atoms with van der Waals surface area (Å²) in [4.78, 5) is 4.01. The number of hydrogen-bond acceptors (Lipinski definition) is 3. The lowest BCUT2D eigenvalue weighted by molar-refractivity contribution is 1.34. The molecule has 0 aliphatic rings. The molecular formula is C6H11NS2. The molecule has 0 aromatic carbocycles. The zero-order valence-corrected chi connectivity index (χ0v) is 7.38. The Morgan fingerprint density at radius 2 is 2.44 bits per heavy atom. The topological polar surface area (TPSA) is 12.4 Å². The predicted molar refractivity (Wildman–Crippen MR) is 49.6 cm³/mol. The van der Waals surface area contributed by atoms with Gasteiger partial charge in [0.1, 0.15) is 0 Å². The first-order valence-corrected chi connectivity index (χ1v) is 4.37. The maximum Gasteiger partial charge on any atom is 0.0853 e. The smallest absolute Gasteiger partial charge is 0.0853 e. The van der Waals surface area contributed by atoms with Gasteiger partial charge in [0.25, 0.3) is 0 Å². The summed E-state index contributed by atoms with van der Waals surface area (Å²) in [6, 6.07) is 0. The van der Waals surface area contributed by atoms with E-state index in [-0.39, 0.29) is 5.25 Å². The van der Waals surface area contributed by atoms with Crippen molar-refractivity contribution in [3.63, 3.8) is 0 Å². The van der Waals surface area contributed by atoms with Gasteiger partial charge < -0.3 is 0 Å². The Balaban J connectivity index is 3.96. The summed E-state index contributed by atoms with van der Waals surface area (Å²) in [6.07, 6.45) is 3.52. The molecule has 0 heterocycles. The molecule has 0 aliphatic heterocycles. The second kappa shape index (κ2) is 4.94. The van der Waals surface area contributed by atoms with Gasteiger partial charge in [0.2, 0.25) is 0 Å². The number of aliphatic imine (C=N–C) groups is 1. The van der Waals surface area contributed by atoms with E-state index in [1.165, 1.54) is 0 Å². The minimum atomic E-state index is 0.220. The molecule has 9 heavy (non-hydrogen) atoms. The molecule has 0 saturated heterocycles. The molecule has 1 unspecified atom stereocenters. The molecule has 0 fully saturated rings. The van der Waals surface area contributed by atoms with Crippen LogP contribution in [0.1, 0.15) is 6.92 Å². The molecule has 0 aromatic rings. The zero-order chi connectivity index (χ0) is 7.28. The van der Waals surface area contributed by atoms with Gasteiger partial charge in [0.05, 0.1) is 5.04 Å². The van der Waals surface area contributed by atoms with Gasteiger partial charge in [-0.15, -0.1) is 11.8 Å². The average Bonchev–Trinajstić information content (AvgIpc) is 1.82. The fourth-order valence-corrected chi connectivity index (χ4v) is 1.33. The van der Waals surface area contributed by atoms with Crippen molar-refractivity contribution in [2.75, 3.05) is 6.26 Å². The van der Waals surface area contributed by atoms with E-state index in [9.17, 15) is 0 Å². The van der Waals surface area contributed by atoms with Crippen molar-refractivity contribution in [1.29, 1.82) is 0 Å². The summed E-state index contributed by atoms with van der Waals surface area (Å²) >= 11 is 5.81. The van der Waals surface area contributed by atoms with E-state index < -0.39 is 0 Å². The van der Waals surface area contributed by atoms with Gasteiger partial charge in [-0.05, 0) is 13.2 Å². The first-order chi connectivity index (χ1) is 4.22. The van der Waals surface area contributed by atoms with Crippen LogP contribution in [0.4, 0.5) is 0 Å². The number of rotatable bonds is 2. The van der Waals surface area contributed by atoms with E-state index in [1.54, 1.807) is 18.0 Å². The molecule has 52 valence electrons. The van der Waals surface area contributed by atoms with Crippen LogP contribution in [0, 0.1) is 0 Å². The maximum absolute atomic E-state index is 4.21. The minimum Gasteiger partial charge on any atom is -0.254 e. The molecule has 0 N–H and O–H groups in total. The van der Waals surface area contributed by atoms with Crippen LogP contribution in [0.5, 0.6) is 0 Å². The van der Waals surface area contributed by atoms with Gasteiger partial charge in [-0.2, -0.15) is 12.6 Å².